The normalized spacial score (nSPS) is 11.2. The van der Waals surface area contributed by atoms with E-state index in [9.17, 15) is 14.4 Å². The van der Waals surface area contributed by atoms with E-state index in [0.717, 1.165) is 0 Å². The number of nitrogens with zero attached hydrogens (tertiary/aromatic N) is 1. The Hall–Kier alpha value is -4.23. The van der Waals surface area contributed by atoms with Crippen LogP contribution in [0.5, 0.6) is 0 Å². The monoisotopic (exact) mass is 447 g/mol. The lowest BCUT2D eigenvalue weighted by Crippen LogP contribution is -2.33. The van der Waals surface area contributed by atoms with Crippen LogP contribution >= 0.6 is 11.6 Å². The fourth-order valence-electron chi connectivity index (χ4n) is 2.65. The molecular weight excluding hydrogens is 430 g/mol. The van der Waals surface area contributed by atoms with Crippen LogP contribution in [0.4, 0.5) is 0 Å². The Bertz CT molecular complexity index is 1190. The maximum absolute atomic E-state index is 12.7. The smallest absolute Gasteiger partial charge is 0.335 e. The highest BCUT2D eigenvalue weighted by atomic mass is 35.5. The summed E-state index contributed by atoms with van der Waals surface area (Å²) >= 11 is 6.08. The Balaban J connectivity index is 1.77. The number of rotatable bonds is 7. The Morgan fingerprint density at radius 1 is 0.844 bits per heavy atom. The standard InChI is InChI=1S/C24H18ClN3O4/c25-20-9-5-4-8-19(20)22(29)27-21(14-16-6-2-1-3-7-16)23(30)28-26-15-17-10-12-18(13-11-17)24(31)32/h1-15H,(H,27,29)(H,28,30)(H,31,32). The Morgan fingerprint density at radius 3 is 2.16 bits per heavy atom. The van der Waals surface area contributed by atoms with Crippen molar-refractivity contribution in [2.24, 2.45) is 5.10 Å². The number of benzene rings is 3. The first-order valence-corrected chi connectivity index (χ1v) is 9.81. The number of halogens is 1. The lowest BCUT2D eigenvalue weighted by molar-refractivity contribution is -0.117. The van der Waals surface area contributed by atoms with Gasteiger partial charge in [-0.05, 0) is 41.5 Å². The van der Waals surface area contributed by atoms with Gasteiger partial charge in [-0.25, -0.2) is 10.2 Å². The largest absolute Gasteiger partial charge is 0.478 e. The molecule has 0 aliphatic heterocycles. The first-order valence-electron chi connectivity index (χ1n) is 9.43. The first kappa shape index (κ1) is 22.5. The number of carbonyl (C=O) groups excluding carboxylic acids is 2. The number of hydrogen-bond donors (Lipinski definition) is 3. The van der Waals surface area contributed by atoms with Gasteiger partial charge in [0.15, 0.2) is 0 Å². The van der Waals surface area contributed by atoms with Crippen LogP contribution in [0.1, 0.15) is 31.8 Å². The van der Waals surface area contributed by atoms with Crippen molar-refractivity contribution in [3.05, 3.63) is 112 Å². The minimum atomic E-state index is -1.04. The van der Waals surface area contributed by atoms with E-state index in [1.165, 1.54) is 24.4 Å². The van der Waals surface area contributed by atoms with E-state index in [1.807, 2.05) is 6.07 Å². The molecule has 3 aromatic carbocycles. The molecule has 0 radical (unpaired) electrons. The highest BCUT2D eigenvalue weighted by Crippen LogP contribution is 2.15. The summed E-state index contributed by atoms with van der Waals surface area (Å²) in [6, 6.07) is 21.5. The van der Waals surface area contributed by atoms with E-state index < -0.39 is 17.8 Å². The second-order valence-electron chi connectivity index (χ2n) is 6.53. The third kappa shape index (κ3) is 6.13. The second kappa shape index (κ2) is 10.7. The third-order valence-electron chi connectivity index (χ3n) is 4.26. The maximum atomic E-state index is 12.7. The van der Waals surface area contributed by atoms with Gasteiger partial charge in [-0.15, -0.1) is 0 Å². The van der Waals surface area contributed by atoms with E-state index >= 15 is 0 Å². The molecule has 3 aromatic rings. The Kier molecular flexibility index (Phi) is 7.51. The summed E-state index contributed by atoms with van der Waals surface area (Å²) in [7, 11) is 0. The summed E-state index contributed by atoms with van der Waals surface area (Å²) < 4.78 is 0. The number of carboxylic acids is 1. The van der Waals surface area contributed by atoms with Gasteiger partial charge in [0, 0.05) is 0 Å². The highest BCUT2D eigenvalue weighted by molar-refractivity contribution is 6.34. The van der Waals surface area contributed by atoms with Crippen LogP contribution in [-0.2, 0) is 4.79 Å². The third-order valence-corrected chi connectivity index (χ3v) is 4.59. The van der Waals surface area contributed by atoms with Crippen LogP contribution in [0.2, 0.25) is 5.02 Å². The van der Waals surface area contributed by atoms with E-state index in [4.69, 9.17) is 16.7 Å². The van der Waals surface area contributed by atoms with Gasteiger partial charge < -0.3 is 10.4 Å². The molecule has 0 aliphatic rings. The van der Waals surface area contributed by atoms with Crippen molar-refractivity contribution in [3.63, 3.8) is 0 Å². The topological polar surface area (TPSA) is 108 Å². The number of carbonyl (C=O) groups is 3. The molecule has 0 heterocycles. The zero-order valence-electron chi connectivity index (χ0n) is 16.7. The fraction of sp³-hybridized carbons (Fsp3) is 0. The van der Waals surface area contributed by atoms with Crippen molar-refractivity contribution in [2.45, 2.75) is 0 Å². The molecule has 0 saturated carbocycles. The molecular formula is C24H18ClN3O4. The van der Waals surface area contributed by atoms with Crippen molar-refractivity contribution in [2.75, 3.05) is 0 Å². The minimum absolute atomic E-state index is 0.0282. The van der Waals surface area contributed by atoms with E-state index in [0.29, 0.717) is 11.1 Å². The molecule has 0 aliphatic carbocycles. The van der Waals surface area contributed by atoms with Crippen molar-refractivity contribution < 1.29 is 19.5 Å². The number of hydrazone groups is 1. The van der Waals surface area contributed by atoms with Gasteiger partial charge in [0.2, 0.25) is 0 Å². The van der Waals surface area contributed by atoms with Crippen LogP contribution in [0.15, 0.2) is 89.7 Å². The highest BCUT2D eigenvalue weighted by Gasteiger charge is 2.16. The fourth-order valence-corrected chi connectivity index (χ4v) is 2.87. The minimum Gasteiger partial charge on any atom is -0.478 e. The predicted molar refractivity (Wildman–Crippen MR) is 122 cm³/mol. The van der Waals surface area contributed by atoms with Gasteiger partial charge >= 0.3 is 5.97 Å². The van der Waals surface area contributed by atoms with Gasteiger partial charge in [0.25, 0.3) is 11.8 Å². The average molecular weight is 448 g/mol. The van der Waals surface area contributed by atoms with Gasteiger partial charge in [-0.3, -0.25) is 9.59 Å². The molecule has 8 heteroatoms. The SMILES string of the molecule is O=C(NN=Cc1ccc(C(=O)O)cc1)C(=Cc1ccccc1)NC(=O)c1ccccc1Cl. The molecule has 0 atom stereocenters. The first-order chi connectivity index (χ1) is 15.4. The molecule has 3 N–H and O–H groups in total. The number of nitrogens with one attached hydrogen (secondary N) is 2. The summed E-state index contributed by atoms with van der Waals surface area (Å²) in [6.07, 6.45) is 2.88. The van der Waals surface area contributed by atoms with Crippen LogP contribution < -0.4 is 10.7 Å². The van der Waals surface area contributed by atoms with Gasteiger partial charge in [-0.2, -0.15) is 5.10 Å². The van der Waals surface area contributed by atoms with Crippen LogP contribution in [0.25, 0.3) is 6.08 Å². The zero-order valence-corrected chi connectivity index (χ0v) is 17.4. The van der Waals surface area contributed by atoms with Gasteiger partial charge in [0.05, 0.1) is 22.4 Å². The molecule has 7 nitrogen and oxygen atoms in total. The Labute approximate surface area is 189 Å². The molecule has 3 rings (SSSR count). The summed E-state index contributed by atoms with van der Waals surface area (Å²) in [5.74, 6) is -2.22. The van der Waals surface area contributed by atoms with Crippen molar-refractivity contribution >= 4 is 41.7 Å². The van der Waals surface area contributed by atoms with Gasteiger partial charge in [-0.1, -0.05) is 66.2 Å². The van der Waals surface area contributed by atoms with Crippen LogP contribution in [0, 0.1) is 0 Å². The van der Waals surface area contributed by atoms with E-state index in [-0.39, 0.29) is 21.8 Å². The van der Waals surface area contributed by atoms with Gasteiger partial charge in [0.1, 0.15) is 5.70 Å². The van der Waals surface area contributed by atoms with Crippen LogP contribution in [-0.4, -0.2) is 29.1 Å². The van der Waals surface area contributed by atoms with Crippen molar-refractivity contribution in [1.29, 1.82) is 0 Å². The van der Waals surface area contributed by atoms with E-state index in [1.54, 1.807) is 60.7 Å². The Morgan fingerprint density at radius 2 is 1.50 bits per heavy atom. The molecule has 0 spiro atoms. The number of amides is 2. The molecule has 2 amide bonds. The maximum Gasteiger partial charge on any atom is 0.335 e. The lowest BCUT2D eigenvalue weighted by atomic mass is 10.1. The lowest BCUT2D eigenvalue weighted by Gasteiger charge is -2.10. The molecule has 160 valence electrons. The molecule has 0 aromatic heterocycles. The molecule has 32 heavy (non-hydrogen) atoms. The van der Waals surface area contributed by atoms with E-state index in [2.05, 4.69) is 15.8 Å². The summed E-state index contributed by atoms with van der Waals surface area (Å²) in [5, 5.41) is 15.7. The van der Waals surface area contributed by atoms with Crippen molar-refractivity contribution in [1.82, 2.24) is 10.7 Å². The number of aromatic carboxylic acids is 1. The van der Waals surface area contributed by atoms with Crippen molar-refractivity contribution in [3.8, 4) is 0 Å². The average Bonchev–Trinajstić information content (AvgIpc) is 2.80. The molecule has 0 unspecified atom stereocenters. The quantitative estimate of drug-likeness (QED) is 0.289. The summed E-state index contributed by atoms with van der Waals surface area (Å²) in [4.78, 5) is 36.3. The number of hydrogen-bond acceptors (Lipinski definition) is 4. The summed E-state index contributed by atoms with van der Waals surface area (Å²) in [5.41, 5.74) is 3.98. The molecule has 0 bridgehead atoms. The number of carboxylic acid groups (broad SMARTS) is 1. The summed E-state index contributed by atoms with van der Waals surface area (Å²) in [6.45, 7) is 0. The molecule has 0 saturated heterocycles. The zero-order chi connectivity index (χ0) is 22.9. The van der Waals surface area contributed by atoms with Crippen LogP contribution in [0.3, 0.4) is 0 Å². The predicted octanol–water partition coefficient (Wildman–Crippen LogP) is 3.96. The molecule has 0 fully saturated rings. The second-order valence-corrected chi connectivity index (χ2v) is 6.94.